The van der Waals surface area contributed by atoms with Gasteiger partial charge in [-0.1, -0.05) is 0 Å². The summed E-state index contributed by atoms with van der Waals surface area (Å²) < 4.78 is 1.52. The Bertz CT molecular complexity index is 1110. The van der Waals surface area contributed by atoms with Gasteiger partial charge in [0, 0.05) is 56.4 Å². The largest absolute Gasteiger partial charge is 0.335 e. The molecular formula is C17H17N5O4S2. The lowest BCUT2D eigenvalue weighted by Gasteiger charge is -2.34. The lowest BCUT2D eigenvalue weighted by atomic mass is 10.2. The van der Waals surface area contributed by atoms with Gasteiger partial charge in [0.25, 0.3) is 17.2 Å². The van der Waals surface area contributed by atoms with Gasteiger partial charge in [-0.3, -0.25) is 29.0 Å². The molecule has 9 nitrogen and oxygen atoms in total. The second kappa shape index (κ2) is 7.41. The SMILES string of the molecule is Cc1sc(C(=O)N2CCN(Cc3cc(=O)n4ccsc4n3)CC2)cc1[N+](=O)[O-]. The number of carbonyl (C=O) groups excluding carboxylic acids is 1. The van der Waals surface area contributed by atoms with Crippen molar-refractivity contribution in [3.05, 3.63) is 59.6 Å². The highest BCUT2D eigenvalue weighted by Gasteiger charge is 2.26. The Morgan fingerprint density at radius 2 is 2.04 bits per heavy atom. The molecule has 1 amide bonds. The number of amides is 1. The predicted octanol–water partition coefficient (Wildman–Crippen LogP) is 1.99. The van der Waals surface area contributed by atoms with Crippen molar-refractivity contribution in [2.75, 3.05) is 26.2 Å². The monoisotopic (exact) mass is 419 g/mol. The number of carbonyl (C=O) groups is 1. The highest BCUT2D eigenvalue weighted by molar-refractivity contribution is 7.15. The van der Waals surface area contributed by atoms with E-state index in [9.17, 15) is 19.7 Å². The average Bonchev–Trinajstić information content (AvgIpc) is 3.28. The summed E-state index contributed by atoms with van der Waals surface area (Å²) in [7, 11) is 0. The molecule has 11 heteroatoms. The van der Waals surface area contributed by atoms with Gasteiger partial charge in [0.05, 0.1) is 20.4 Å². The van der Waals surface area contributed by atoms with Gasteiger partial charge in [0.1, 0.15) is 0 Å². The topological polar surface area (TPSA) is 101 Å². The normalized spacial score (nSPS) is 15.2. The number of rotatable bonds is 4. The second-order valence-corrected chi connectivity index (χ2v) is 8.65. The van der Waals surface area contributed by atoms with Gasteiger partial charge >= 0.3 is 0 Å². The van der Waals surface area contributed by atoms with Crippen LogP contribution in [0.25, 0.3) is 4.96 Å². The van der Waals surface area contributed by atoms with Crippen LogP contribution in [0, 0.1) is 17.0 Å². The van der Waals surface area contributed by atoms with Crippen LogP contribution < -0.4 is 5.56 Å². The zero-order chi connectivity index (χ0) is 19.8. The molecule has 4 rings (SSSR count). The number of thiophene rings is 1. The number of aryl methyl sites for hydroxylation is 1. The molecule has 1 fully saturated rings. The average molecular weight is 419 g/mol. The molecule has 0 atom stereocenters. The molecule has 0 unspecified atom stereocenters. The highest BCUT2D eigenvalue weighted by atomic mass is 32.1. The van der Waals surface area contributed by atoms with Crippen LogP contribution in [0.15, 0.2) is 28.5 Å². The van der Waals surface area contributed by atoms with E-state index in [0.717, 1.165) is 17.0 Å². The molecule has 4 heterocycles. The van der Waals surface area contributed by atoms with Crippen molar-refractivity contribution in [1.29, 1.82) is 0 Å². The number of thiazole rings is 1. The quantitative estimate of drug-likeness (QED) is 0.474. The molecule has 146 valence electrons. The Hall–Kier alpha value is -2.63. The molecule has 0 N–H and O–H groups in total. The molecule has 28 heavy (non-hydrogen) atoms. The summed E-state index contributed by atoms with van der Waals surface area (Å²) in [5, 5.41) is 12.8. The third kappa shape index (κ3) is 3.55. The van der Waals surface area contributed by atoms with E-state index in [1.165, 1.54) is 21.8 Å². The number of aromatic nitrogens is 2. The van der Waals surface area contributed by atoms with Crippen molar-refractivity contribution in [3.63, 3.8) is 0 Å². The number of piperazine rings is 1. The van der Waals surface area contributed by atoms with Gasteiger partial charge in [-0.15, -0.1) is 22.7 Å². The fourth-order valence-electron chi connectivity index (χ4n) is 3.22. The minimum absolute atomic E-state index is 0.00619. The molecule has 3 aromatic rings. The first kappa shape index (κ1) is 18.7. The van der Waals surface area contributed by atoms with Crippen LogP contribution in [0.3, 0.4) is 0 Å². The predicted molar refractivity (Wildman–Crippen MR) is 106 cm³/mol. The molecule has 1 saturated heterocycles. The summed E-state index contributed by atoms with van der Waals surface area (Å²) >= 11 is 2.58. The van der Waals surface area contributed by atoms with Crippen LogP contribution in [-0.4, -0.2) is 56.2 Å². The van der Waals surface area contributed by atoms with E-state index < -0.39 is 4.92 Å². The van der Waals surface area contributed by atoms with E-state index >= 15 is 0 Å². The van der Waals surface area contributed by atoms with Crippen molar-refractivity contribution in [2.45, 2.75) is 13.5 Å². The molecule has 0 aromatic carbocycles. The van der Waals surface area contributed by atoms with Crippen molar-refractivity contribution in [2.24, 2.45) is 0 Å². The van der Waals surface area contributed by atoms with E-state index in [1.54, 1.807) is 24.1 Å². The fraction of sp³-hybridized carbons (Fsp3) is 0.353. The number of hydrogen-bond donors (Lipinski definition) is 0. The molecule has 0 saturated carbocycles. The molecule has 0 radical (unpaired) electrons. The van der Waals surface area contributed by atoms with Crippen molar-refractivity contribution < 1.29 is 9.72 Å². The van der Waals surface area contributed by atoms with Crippen molar-refractivity contribution in [3.8, 4) is 0 Å². The van der Waals surface area contributed by atoms with Gasteiger partial charge in [-0.25, -0.2) is 4.98 Å². The number of nitrogens with zero attached hydrogens (tertiary/aromatic N) is 5. The summed E-state index contributed by atoms with van der Waals surface area (Å²) in [5.74, 6) is -0.169. The maximum absolute atomic E-state index is 12.7. The third-order valence-corrected chi connectivity index (χ3v) is 6.48. The van der Waals surface area contributed by atoms with Gasteiger partial charge in [-0.05, 0) is 6.92 Å². The van der Waals surface area contributed by atoms with E-state index in [4.69, 9.17) is 0 Å². The van der Waals surface area contributed by atoms with Gasteiger partial charge in [0.2, 0.25) is 0 Å². The minimum atomic E-state index is -0.458. The first-order valence-electron chi connectivity index (χ1n) is 8.64. The van der Waals surface area contributed by atoms with E-state index in [-0.39, 0.29) is 17.2 Å². The van der Waals surface area contributed by atoms with Crippen LogP contribution in [0.2, 0.25) is 0 Å². The minimum Gasteiger partial charge on any atom is -0.335 e. The van der Waals surface area contributed by atoms with Crippen LogP contribution in [0.4, 0.5) is 5.69 Å². The molecule has 1 aliphatic rings. The van der Waals surface area contributed by atoms with Crippen LogP contribution in [0.5, 0.6) is 0 Å². The molecule has 0 spiro atoms. The highest BCUT2D eigenvalue weighted by Crippen LogP contribution is 2.29. The van der Waals surface area contributed by atoms with Gasteiger partial charge in [-0.2, -0.15) is 0 Å². The summed E-state index contributed by atoms with van der Waals surface area (Å²) in [6.07, 6.45) is 1.71. The van der Waals surface area contributed by atoms with E-state index in [1.807, 2.05) is 5.38 Å². The third-order valence-electron chi connectivity index (χ3n) is 4.70. The van der Waals surface area contributed by atoms with Crippen LogP contribution in [-0.2, 0) is 6.54 Å². The Kier molecular flexibility index (Phi) is 4.96. The standard InChI is InChI=1S/C17H17N5O4S2/c1-11-13(22(25)26)9-14(28-11)16(24)20-4-2-19(3-5-20)10-12-8-15(23)21-6-7-27-17(21)18-12/h6-9H,2-5,10H2,1H3. The van der Waals surface area contributed by atoms with Gasteiger partial charge in [0.15, 0.2) is 4.96 Å². The Morgan fingerprint density at radius 3 is 2.71 bits per heavy atom. The van der Waals surface area contributed by atoms with E-state index in [0.29, 0.717) is 47.4 Å². The summed E-state index contributed by atoms with van der Waals surface area (Å²) in [6, 6.07) is 2.91. The first-order valence-corrected chi connectivity index (χ1v) is 10.3. The smallest absolute Gasteiger partial charge is 0.283 e. The zero-order valence-corrected chi connectivity index (χ0v) is 16.7. The lowest BCUT2D eigenvalue weighted by Crippen LogP contribution is -2.48. The number of fused-ring (bicyclic) bond motifs is 1. The zero-order valence-electron chi connectivity index (χ0n) is 15.0. The Balaban J connectivity index is 1.40. The van der Waals surface area contributed by atoms with Crippen molar-refractivity contribution in [1.82, 2.24) is 19.2 Å². The van der Waals surface area contributed by atoms with Crippen molar-refractivity contribution >= 4 is 39.2 Å². The summed E-state index contributed by atoms with van der Waals surface area (Å²) in [6.45, 7) is 4.58. The number of nitro groups is 1. The second-order valence-electron chi connectivity index (χ2n) is 6.52. The number of hydrogen-bond acceptors (Lipinski definition) is 8. The van der Waals surface area contributed by atoms with Crippen LogP contribution >= 0.6 is 22.7 Å². The van der Waals surface area contributed by atoms with E-state index in [2.05, 4.69) is 9.88 Å². The summed E-state index contributed by atoms with van der Waals surface area (Å²) in [5.41, 5.74) is 0.620. The molecule has 1 aliphatic heterocycles. The Labute approximate surface area is 167 Å². The molecule has 3 aromatic heterocycles. The van der Waals surface area contributed by atoms with Gasteiger partial charge < -0.3 is 4.90 Å². The van der Waals surface area contributed by atoms with Crippen LogP contribution in [0.1, 0.15) is 20.2 Å². The molecular weight excluding hydrogens is 402 g/mol. The maximum Gasteiger partial charge on any atom is 0.283 e. The summed E-state index contributed by atoms with van der Waals surface area (Å²) in [4.78, 5) is 45.3. The maximum atomic E-state index is 12.7. The first-order chi connectivity index (χ1) is 13.4. The molecule has 0 aliphatic carbocycles. The fourth-order valence-corrected chi connectivity index (χ4v) is 4.92. The Morgan fingerprint density at radius 1 is 1.29 bits per heavy atom. The lowest BCUT2D eigenvalue weighted by molar-refractivity contribution is -0.385. The molecule has 0 bridgehead atoms.